The molecular formula is C16H24BrClNO2+. The third-order valence-corrected chi connectivity index (χ3v) is 4.82. The van der Waals surface area contributed by atoms with E-state index < -0.39 is 0 Å². The molecule has 0 radical (unpaired) electrons. The lowest BCUT2D eigenvalue weighted by molar-refractivity contribution is -0.906. The van der Waals surface area contributed by atoms with Gasteiger partial charge in [-0.2, -0.15) is 0 Å². The minimum atomic E-state index is 0.562. The SMILES string of the molecule is CC1CC[NH+](CCOCCOc2ccc(Cl)cc2Br)CC1. The van der Waals surface area contributed by atoms with Gasteiger partial charge in [-0.25, -0.2) is 0 Å². The van der Waals surface area contributed by atoms with Crippen molar-refractivity contribution in [1.82, 2.24) is 0 Å². The van der Waals surface area contributed by atoms with Crippen molar-refractivity contribution in [2.75, 3.05) is 39.5 Å². The predicted molar refractivity (Wildman–Crippen MR) is 89.4 cm³/mol. The van der Waals surface area contributed by atoms with Crippen LogP contribution >= 0.6 is 27.5 Å². The van der Waals surface area contributed by atoms with Gasteiger partial charge in [0.15, 0.2) is 0 Å². The average Bonchev–Trinajstić information content (AvgIpc) is 2.46. The Morgan fingerprint density at radius 1 is 1.24 bits per heavy atom. The maximum atomic E-state index is 5.89. The molecule has 0 aliphatic carbocycles. The van der Waals surface area contributed by atoms with Crippen LogP contribution in [0, 0.1) is 5.92 Å². The number of rotatable bonds is 7. The molecule has 1 aliphatic heterocycles. The summed E-state index contributed by atoms with van der Waals surface area (Å²) < 4.78 is 12.2. The normalized spacial score (nSPS) is 22.2. The van der Waals surface area contributed by atoms with Crippen LogP contribution in [0.15, 0.2) is 22.7 Å². The molecule has 0 bridgehead atoms. The van der Waals surface area contributed by atoms with Gasteiger partial charge in [0.1, 0.15) is 18.9 Å². The van der Waals surface area contributed by atoms with E-state index in [0.29, 0.717) is 18.2 Å². The Hall–Kier alpha value is -0.290. The molecule has 5 heteroatoms. The van der Waals surface area contributed by atoms with Crippen LogP contribution in [0.1, 0.15) is 19.8 Å². The van der Waals surface area contributed by atoms with Gasteiger partial charge in [0, 0.05) is 5.02 Å². The van der Waals surface area contributed by atoms with Gasteiger partial charge in [-0.15, -0.1) is 0 Å². The second-order valence-corrected chi connectivity index (χ2v) is 7.01. The highest BCUT2D eigenvalue weighted by atomic mass is 79.9. The molecule has 1 aliphatic rings. The predicted octanol–water partition coefficient (Wildman–Crippen LogP) is 2.81. The van der Waals surface area contributed by atoms with Crippen molar-refractivity contribution in [2.45, 2.75) is 19.8 Å². The second kappa shape index (κ2) is 8.99. The van der Waals surface area contributed by atoms with Crippen molar-refractivity contribution in [3.05, 3.63) is 27.7 Å². The molecule has 1 aromatic rings. The highest BCUT2D eigenvalue weighted by Crippen LogP contribution is 2.27. The minimum Gasteiger partial charge on any atom is -0.490 e. The highest BCUT2D eigenvalue weighted by Gasteiger charge is 2.18. The second-order valence-electron chi connectivity index (χ2n) is 5.72. The number of likely N-dealkylation sites (tertiary alicyclic amines) is 1. The van der Waals surface area contributed by atoms with E-state index in [1.165, 1.54) is 25.9 Å². The summed E-state index contributed by atoms with van der Waals surface area (Å²) in [7, 11) is 0. The van der Waals surface area contributed by atoms with Crippen LogP contribution in [-0.4, -0.2) is 39.5 Å². The van der Waals surface area contributed by atoms with Gasteiger partial charge in [-0.3, -0.25) is 0 Å². The van der Waals surface area contributed by atoms with E-state index in [0.717, 1.165) is 29.3 Å². The standard InChI is InChI=1S/C16H23BrClNO2/c1-13-4-6-19(7-5-13)8-9-20-10-11-21-16-3-2-14(18)12-15(16)17/h2-3,12-13H,4-11H2,1H3/p+1. The van der Waals surface area contributed by atoms with E-state index in [-0.39, 0.29) is 0 Å². The van der Waals surface area contributed by atoms with Crippen LogP contribution in [0.4, 0.5) is 0 Å². The molecule has 1 N–H and O–H groups in total. The number of quaternary nitrogens is 1. The Morgan fingerprint density at radius 2 is 2.00 bits per heavy atom. The zero-order valence-electron chi connectivity index (χ0n) is 12.5. The molecule has 0 atom stereocenters. The quantitative estimate of drug-likeness (QED) is 0.738. The Bertz CT molecular complexity index is 436. The summed E-state index contributed by atoms with van der Waals surface area (Å²) >= 11 is 9.32. The fraction of sp³-hybridized carbons (Fsp3) is 0.625. The first-order valence-electron chi connectivity index (χ1n) is 7.64. The molecule has 0 saturated carbocycles. The minimum absolute atomic E-state index is 0.562. The van der Waals surface area contributed by atoms with E-state index in [1.807, 2.05) is 18.2 Å². The van der Waals surface area contributed by atoms with Crippen molar-refractivity contribution in [3.8, 4) is 5.75 Å². The molecule has 21 heavy (non-hydrogen) atoms. The number of hydrogen-bond donors (Lipinski definition) is 1. The maximum absolute atomic E-state index is 5.89. The van der Waals surface area contributed by atoms with Crippen molar-refractivity contribution in [1.29, 1.82) is 0 Å². The fourth-order valence-corrected chi connectivity index (χ4v) is 3.34. The van der Waals surface area contributed by atoms with E-state index in [2.05, 4.69) is 22.9 Å². The van der Waals surface area contributed by atoms with Crippen molar-refractivity contribution >= 4 is 27.5 Å². The lowest BCUT2D eigenvalue weighted by Crippen LogP contribution is -3.13. The summed E-state index contributed by atoms with van der Waals surface area (Å²) in [6.45, 7) is 8.04. The molecule has 1 heterocycles. The highest BCUT2D eigenvalue weighted by molar-refractivity contribution is 9.10. The summed E-state index contributed by atoms with van der Waals surface area (Å²) in [6.07, 6.45) is 2.70. The Labute approximate surface area is 140 Å². The van der Waals surface area contributed by atoms with Gasteiger partial charge in [0.05, 0.1) is 30.8 Å². The maximum Gasteiger partial charge on any atom is 0.133 e. The number of piperidine rings is 1. The van der Waals surface area contributed by atoms with Crippen LogP contribution in [0.3, 0.4) is 0 Å². The molecule has 0 spiro atoms. The molecule has 0 aromatic heterocycles. The number of hydrogen-bond acceptors (Lipinski definition) is 2. The van der Waals surface area contributed by atoms with E-state index in [9.17, 15) is 0 Å². The lowest BCUT2D eigenvalue weighted by atomic mass is 9.99. The average molecular weight is 378 g/mol. The number of benzene rings is 1. The summed E-state index contributed by atoms with van der Waals surface area (Å²) in [4.78, 5) is 1.68. The summed E-state index contributed by atoms with van der Waals surface area (Å²) in [5.41, 5.74) is 0. The summed E-state index contributed by atoms with van der Waals surface area (Å²) in [5, 5.41) is 0.698. The molecular weight excluding hydrogens is 354 g/mol. The molecule has 1 saturated heterocycles. The topological polar surface area (TPSA) is 22.9 Å². The Balaban J connectivity index is 1.54. The van der Waals surface area contributed by atoms with Crippen LogP contribution in [0.25, 0.3) is 0 Å². The van der Waals surface area contributed by atoms with Gasteiger partial charge >= 0.3 is 0 Å². The van der Waals surface area contributed by atoms with Gasteiger partial charge < -0.3 is 14.4 Å². The van der Waals surface area contributed by atoms with Gasteiger partial charge in [-0.1, -0.05) is 18.5 Å². The van der Waals surface area contributed by atoms with E-state index in [1.54, 1.807) is 4.90 Å². The van der Waals surface area contributed by atoms with Gasteiger partial charge in [-0.05, 0) is 52.9 Å². The first-order chi connectivity index (χ1) is 10.1. The van der Waals surface area contributed by atoms with Gasteiger partial charge in [0.25, 0.3) is 0 Å². The van der Waals surface area contributed by atoms with Crippen LogP contribution in [0.2, 0.25) is 5.02 Å². The van der Waals surface area contributed by atoms with Crippen molar-refractivity contribution < 1.29 is 14.4 Å². The first-order valence-corrected chi connectivity index (χ1v) is 8.81. The number of ether oxygens (including phenoxy) is 2. The molecule has 3 nitrogen and oxygen atoms in total. The summed E-state index contributed by atoms with van der Waals surface area (Å²) in [5.74, 6) is 1.71. The molecule has 0 unspecified atom stereocenters. The molecule has 2 rings (SSSR count). The van der Waals surface area contributed by atoms with Crippen LogP contribution < -0.4 is 9.64 Å². The van der Waals surface area contributed by atoms with Crippen LogP contribution in [-0.2, 0) is 4.74 Å². The van der Waals surface area contributed by atoms with Gasteiger partial charge in [0.2, 0.25) is 0 Å². The largest absolute Gasteiger partial charge is 0.490 e. The molecule has 1 aromatic carbocycles. The third kappa shape index (κ3) is 6.15. The fourth-order valence-electron chi connectivity index (χ4n) is 2.54. The lowest BCUT2D eigenvalue weighted by Gasteiger charge is -2.27. The van der Waals surface area contributed by atoms with Crippen molar-refractivity contribution in [3.63, 3.8) is 0 Å². The molecule has 0 amide bonds. The van der Waals surface area contributed by atoms with Crippen LogP contribution in [0.5, 0.6) is 5.75 Å². The Morgan fingerprint density at radius 3 is 2.71 bits per heavy atom. The van der Waals surface area contributed by atoms with Crippen molar-refractivity contribution in [2.24, 2.45) is 5.92 Å². The smallest absolute Gasteiger partial charge is 0.133 e. The number of halogens is 2. The zero-order valence-corrected chi connectivity index (χ0v) is 14.9. The third-order valence-electron chi connectivity index (χ3n) is 3.96. The Kier molecular flexibility index (Phi) is 7.30. The molecule has 118 valence electrons. The zero-order chi connectivity index (χ0) is 15.1. The monoisotopic (exact) mass is 376 g/mol. The summed E-state index contributed by atoms with van der Waals surface area (Å²) in [6, 6.07) is 5.52. The molecule has 1 fully saturated rings. The van der Waals surface area contributed by atoms with E-state index in [4.69, 9.17) is 21.1 Å². The number of nitrogens with one attached hydrogen (secondary N) is 1. The van der Waals surface area contributed by atoms with E-state index >= 15 is 0 Å². The first kappa shape index (κ1) is 17.1.